The Hall–Kier alpha value is -3.02. The fourth-order valence-corrected chi connectivity index (χ4v) is 3.21. The molecule has 1 atom stereocenters. The number of carbonyl (C=O) groups is 2. The molecule has 27 heavy (non-hydrogen) atoms. The second-order valence-electron chi connectivity index (χ2n) is 6.53. The van der Waals surface area contributed by atoms with E-state index in [0.717, 1.165) is 6.42 Å². The van der Waals surface area contributed by atoms with Crippen LogP contribution in [0, 0.1) is 5.92 Å². The van der Waals surface area contributed by atoms with Gasteiger partial charge in [-0.2, -0.15) is 0 Å². The van der Waals surface area contributed by atoms with Crippen LogP contribution in [0.3, 0.4) is 0 Å². The van der Waals surface area contributed by atoms with Crippen molar-refractivity contribution in [2.75, 3.05) is 32.6 Å². The molecular formula is C21H24N2O4. The SMILES string of the molecule is COc1ccc(NC(=O)[C@@H]2CC(=O)N(CCc3ccccc3)C2)c(OC)c1. The van der Waals surface area contributed by atoms with Gasteiger partial charge >= 0.3 is 0 Å². The number of rotatable bonds is 7. The summed E-state index contributed by atoms with van der Waals surface area (Å²) >= 11 is 0. The Labute approximate surface area is 159 Å². The molecule has 2 amide bonds. The fraction of sp³-hybridized carbons (Fsp3) is 0.333. The summed E-state index contributed by atoms with van der Waals surface area (Å²) in [6, 6.07) is 15.2. The summed E-state index contributed by atoms with van der Waals surface area (Å²) < 4.78 is 10.5. The number of anilines is 1. The minimum atomic E-state index is -0.361. The molecule has 6 heteroatoms. The van der Waals surface area contributed by atoms with Crippen LogP contribution in [0.15, 0.2) is 48.5 Å². The molecule has 0 unspecified atom stereocenters. The van der Waals surface area contributed by atoms with Crippen molar-refractivity contribution in [1.82, 2.24) is 4.90 Å². The lowest BCUT2D eigenvalue weighted by Gasteiger charge is -2.17. The molecule has 1 saturated heterocycles. The van der Waals surface area contributed by atoms with Crippen LogP contribution in [0.25, 0.3) is 0 Å². The summed E-state index contributed by atoms with van der Waals surface area (Å²) in [7, 11) is 3.11. The third-order valence-corrected chi connectivity index (χ3v) is 4.77. The predicted molar refractivity (Wildman–Crippen MR) is 103 cm³/mol. The predicted octanol–water partition coefficient (Wildman–Crippen LogP) is 2.73. The number of hydrogen-bond donors (Lipinski definition) is 1. The maximum atomic E-state index is 12.6. The molecule has 0 bridgehead atoms. The van der Waals surface area contributed by atoms with E-state index in [-0.39, 0.29) is 24.2 Å². The minimum absolute atomic E-state index is 0.0211. The molecule has 1 aliphatic heterocycles. The van der Waals surface area contributed by atoms with Gasteiger partial charge < -0.3 is 19.7 Å². The average molecular weight is 368 g/mol. The minimum Gasteiger partial charge on any atom is -0.497 e. The van der Waals surface area contributed by atoms with E-state index in [4.69, 9.17) is 9.47 Å². The van der Waals surface area contributed by atoms with Crippen LogP contribution < -0.4 is 14.8 Å². The molecule has 1 fully saturated rings. The van der Waals surface area contributed by atoms with E-state index in [9.17, 15) is 9.59 Å². The summed E-state index contributed by atoms with van der Waals surface area (Å²) in [5.41, 5.74) is 1.75. The molecule has 2 aromatic rings. The van der Waals surface area contributed by atoms with Gasteiger partial charge in [0, 0.05) is 25.6 Å². The first-order valence-electron chi connectivity index (χ1n) is 8.95. The highest BCUT2D eigenvalue weighted by atomic mass is 16.5. The van der Waals surface area contributed by atoms with Gasteiger partial charge in [0.05, 0.1) is 25.8 Å². The van der Waals surface area contributed by atoms with Crippen molar-refractivity contribution in [3.05, 3.63) is 54.1 Å². The standard InChI is InChI=1S/C21H24N2O4/c1-26-17-8-9-18(19(13-17)27-2)22-21(25)16-12-20(24)23(14-16)11-10-15-6-4-3-5-7-15/h3-9,13,16H,10-12,14H2,1-2H3,(H,22,25)/t16-/m1/s1. The largest absolute Gasteiger partial charge is 0.497 e. The number of amides is 2. The Morgan fingerprint density at radius 2 is 1.93 bits per heavy atom. The zero-order valence-corrected chi connectivity index (χ0v) is 15.6. The molecule has 0 spiro atoms. The molecule has 0 aliphatic carbocycles. The molecule has 3 rings (SSSR count). The van der Waals surface area contributed by atoms with Gasteiger partial charge in [-0.3, -0.25) is 9.59 Å². The van der Waals surface area contributed by atoms with Crippen molar-refractivity contribution >= 4 is 17.5 Å². The van der Waals surface area contributed by atoms with E-state index in [1.54, 1.807) is 30.2 Å². The average Bonchev–Trinajstić information content (AvgIpc) is 3.08. The van der Waals surface area contributed by atoms with Gasteiger partial charge in [-0.05, 0) is 24.1 Å². The monoisotopic (exact) mass is 368 g/mol. The van der Waals surface area contributed by atoms with Crippen LogP contribution in [0.4, 0.5) is 5.69 Å². The number of nitrogens with one attached hydrogen (secondary N) is 1. The molecule has 0 saturated carbocycles. The van der Waals surface area contributed by atoms with Crippen molar-refractivity contribution in [2.45, 2.75) is 12.8 Å². The zero-order valence-electron chi connectivity index (χ0n) is 15.6. The number of nitrogens with zero attached hydrogens (tertiary/aromatic N) is 1. The lowest BCUT2D eigenvalue weighted by Crippen LogP contribution is -2.30. The Bertz CT molecular complexity index is 807. The molecule has 0 radical (unpaired) electrons. The highest BCUT2D eigenvalue weighted by molar-refractivity contribution is 5.98. The quantitative estimate of drug-likeness (QED) is 0.816. The Kier molecular flexibility index (Phi) is 5.96. The van der Waals surface area contributed by atoms with E-state index in [1.807, 2.05) is 30.3 Å². The van der Waals surface area contributed by atoms with Gasteiger partial charge in [-0.1, -0.05) is 30.3 Å². The molecule has 6 nitrogen and oxygen atoms in total. The Morgan fingerprint density at radius 1 is 1.15 bits per heavy atom. The van der Waals surface area contributed by atoms with Crippen LogP contribution >= 0.6 is 0 Å². The molecule has 1 heterocycles. The van der Waals surface area contributed by atoms with Gasteiger partial charge in [-0.15, -0.1) is 0 Å². The fourth-order valence-electron chi connectivity index (χ4n) is 3.21. The highest BCUT2D eigenvalue weighted by Gasteiger charge is 2.34. The number of hydrogen-bond acceptors (Lipinski definition) is 4. The number of carbonyl (C=O) groups excluding carboxylic acids is 2. The summed E-state index contributed by atoms with van der Waals surface area (Å²) in [5.74, 6) is 0.655. The van der Waals surface area contributed by atoms with Gasteiger partial charge in [0.15, 0.2) is 0 Å². The lowest BCUT2D eigenvalue weighted by molar-refractivity contribution is -0.128. The van der Waals surface area contributed by atoms with Crippen LogP contribution in [0.1, 0.15) is 12.0 Å². The molecular weight excluding hydrogens is 344 g/mol. The van der Waals surface area contributed by atoms with Crippen molar-refractivity contribution in [3.63, 3.8) is 0 Å². The molecule has 0 aromatic heterocycles. The van der Waals surface area contributed by atoms with Crippen molar-refractivity contribution in [2.24, 2.45) is 5.92 Å². The van der Waals surface area contributed by atoms with Crippen LogP contribution in [-0.4, -0.2) is 44.0 Å². The Morgan fingerprint density at radius 3 is 2.63 bits per heavy atom. The first-order valence-corrected chi connectivity index (χ1v) is 8.95. The topological polar surface area (TPSA) is 67.9 Å². The molecule has 2 aromatic carbocycles. The van der Waals surface area contributed by atoms with Gasteiger partial charge in [0.1, 0.15) is 11.5 Å². The lowest BCUT2D eigenvalue weighted by atomic mass is 10.1. The second kappa shape index (κ2) is 8.58. The van der Waals surface area contributed by atoms with Crippen LogP contribution in [0.2, 0.25) is 0 Å². The second-order valence-corrected chi connectivity index (χ2v) is 6.53. The molecule has 1 N–H and O–H groups in total. The number of likely N-dealkylation sites (tertiary alicyclic amines) is 1. The van der Waals surface area contributed by atoms with E-state index in [2.05, 4.69) is 5.32 Å². The van der Waals surface area contributed by atoms with Crippen LogP contribution in [-0.2, 0) is 16.0 Å². The smallest absolute Gasteiger partial charge is 0.229 e. The highest BCUT2D eigenvalue weighted by Crippen LogP contribution is 2.30. The number of methoxy groups -OCH3 is 2. The van der Waals surface area contributed by atoms with E-state index >= 15 is 0 Å². The number of benzene rings is 2. The van der Waals surface area contributed by atoms with Gasteiger partial charge in [0.25, 0.3) is 0 Å². The Balaban J connectivity index is 1.59. The first kappa shape index (κ1) is 18.8. The van der Waals surface area contributed by atoms with Gasteiger partial charge in [-0.25, -0.2) is 0 Å². The zero-order chi connectivity index (χ0) is 19.2. The van der Waals surface area contributed by atoms with Crippen molar-refractivity contribution in [1.29, 1.82) is 0 Å². The number of ether oxygens (including phenoxy) is 2. The maximum Gasteiger partial charge on any atom is 0.229 e. The summed E-state index contributed by atoms with van der Waals surface area (Å²) in [5, 5.41) is 2.87. The molecule has 142 valence electrons. The van der Waals surface area contributed by atoms with Crippen molar-refractivity contribution in [3.8, 4) is 11.5 Å². The summed E-state index contributed by atoms with van der Waals surface area (Å²) in [6.07, 6.45) is 1.02. The van der Waals surface area contributed by atoms with E-state index < -0.39 is 0 Å². The summed E-state index contributed by atoms with van der Waals surface area (Å²) in [4.78, 5) is 26.7. The molecule has 1 aliphatic rings. The first-order chi connectivity index (χ1) is 13.1. The van der Waals surface area contributed by atoms with E-state index in [0.29, 0.717) is 30.3 Å². The van der Waals surface area contributed by atoms with Gasteiger partial charge in [0.2, 0.25) is 11.8 Å². The third-order valence-electron chi connectivity index (χ3n) is 4.77. The third kappa shape index (κ3) is 4.58. The maximum absolute atomic E-state index is 12.6. The van der Waals surface area contributed by atoms with Crippen LogP contribution in [0.5, 0.6) is 11.5 Å². The van der Waals surface area contributed by atoms with E-state index in [1.165, 1.54) is 12.7 Å². The summed E-state index contributed by atoms with van der Waals surface area (Å²) in [6.45, 7) is 1.06. The van der Waals surface area contributed by atoms with Crippen molar-refractivity contribution < 1.29 is 19.1 Å². The normalized spacial score (nSPS) is 16.3.